The molecule has 1 heterocycles. The minimum absolute atomic E-state index is 0.238. The topological polar surface area (TPSA) is 50.9 Å². The third kappa shape index (κ3) is 2.34. The quantitative estimate of drug-likeness (QED) is 0.650. The summed E-state index contributed by atoms with van der Waals surface area (Å²) in [7, 11) is 0. The predicted octanol–water partition coefficient (Wildman–Crippen LogP) is 2.05. The molecule has 1 atom stereocenters. The Morgan fingerprint density at radius 3 is 2.33 bits per heavy atom. The highest BCUT2D eigenvalue weighted by molar-refractivity contribution is 5.32. The van der Waals surface area contributed by atoms with E-state index in [9.17, 15) is 13.2 Å². The summed E-state index contributed by atoms with van der Waals surface area (Å²) in [6.07, 6.45) is 2.29. The zero-order valence-corrected chi connectivity index (χ0v) is 9.20. The van der Waals surface area contributed by atoms with Crippen molar-refractivity contribution in [3.05, 3.63) is 65.2 Å². The third-order valence-electron chi connectivity index (χ3n) is 2.51. The smallest absolute Gasteiger partial charge is 0.141 e. The molecular formula is C12H10F3N3. The summed E-state index contributed by atoms with van der Waals surface area (Å²) in [6, 6.07) is 3.56. The van der Waals surface area contributed by atoms with Crippen molar-refractivity contribution in [3.8, 4) is 0 Å². The summed E-state index contributed by atoms with van der Waals surface area (Å²) in [6.45, 7) is 0. The van der Waals surface area contributed by atoms with E-state index in [0.29, 0.717) is 0 Å². The van der Waals surface area contributed by atoms with E-state index in [2.05, 4.69) is 10.4 Å². The molecule has 0 radical (unpaired) electrons. The Morgan fingerprint density at radius 1 is 1.11 bits per heavy atom. The van der Waals surface area contributed by atoms with Crippen LogP contribution in [0.15, 0.2) is 36.7 Å². The molecule has 1 aromatic carbocycles. The van der Waals surface area contributed by atoms with Crippen molar-refractivity contribution in [3.63, 3.8) is 0 Å². The number of benzene rings is 1. The molecule has 2 aromatic rings. The zero-order chi connectivity index (χ0) is 13.1. The van der Waals surface area contributed by atoms with Gasteiger partial charge in [0.15, 0.2) is 0 Å². The summed E-state index contributed by atoms with van der Waals surface area (Å²) in [4.78, 5) is 3.62. The summed E-state index contributed by atoms with van der Waals surface area (Å²) in [5, 5.41) is 0. The minimum atomic E-state index is -1.01. The van der Waals surface area contributed by atoms with Gasteiger partial charge in [-0.1, -0.05) is 6.07 Å². The Labute approximate surface area is 101 Å². The first kappa shape index (κ1) is 12.5. The van der Waals surface area contributed by atoms with Gasteiger partial charge in [-0.2, -0.15) is 0 Å². The highest BCUT2D eigenvalue weighted by Gasteiger charge is 2.21. The SMILES string of the molecule is NNC(c1cncc(F)c1)c1c(F)cccc1F. The molecule has 3 N–H and O–H groups in total. The maximum atomic E-state index is 13.6. The fraction of sp³-hybridized carbons (Fsp3) is 0.0833. The summed E-state index contributed by atoms with van der Waals surface area (Å²) >= 11 is 0. The Kier molecular flexibility index (Phi) is 3.59. The van der Waals surface area contributed by atoms with E-state index in [1.165, 1.54) is 12.3 Å². The van der Waals surface area contributed by atoms with Crippen LogP contribution in [0.5, 0.6) is 0 Å². The van der Waals surface area contributed by atoms with Gasteiger partial charge in [0.05, 0.1) is 12.2 Å². The van der Waals surface area contributed by atoms with Gasteiger partial charge in [0.25, 0.3) is 0 Å². The Bertz CT molecular complexity index is 540. The van der Waals surface area contributed by atoms with Crippen LogP contribution in [0.25, 0.3) is 0 Å². The number of pyridine rings is 1. The first-order valence-corrected chi connectivity index (χ1v) is 5.14. The molecule has 0 aliphatic rings. The van der Waals surface area contributed by atoms with Gasteiger partial charge < -0.3 is 0 Å². The molecule has 2 rings (SSSR count). The van der Waals surface area contributed by atoms with Gasteiger partial charge in [-0.05, 0) is 23.8 Å². The van der Waals surface area contributed by atoms with E-state index >= 15 is 0 Å². The van der Waals surface area contributed by atoms with Crippen molar-refractivity contribution in [2.45, 2.75) is 6.04 Å². The second-order valence-electron chi connectivity index (χ2n) is 3.67. The molecule has 0 amide bonds. The van der Waals surface area contributed by atoms with Gasteiger partial charge in [-0.3, -0.25) is 10.8 Å². The van der Waals surface area contributed by atoms with Gasteiger partial charge in [0.2, 0.25) is 0 Å². The second kappa shape index (κ2) is 5.16. The van der Waals surface area contributed by atoms with Gasteiger partial charge in [-0.25, -0.2) is 18.6 Å². The summed E-state index contributed by atoms with van der Waals surface area (Å²) < 4.78 is 40.3. The molecule has 1 unspecified atom stereocenters. The first-order chi connectivity index (χ1) is 8.63. The molecule has 0 saturated carbocycles. The fourth-order valence-corrected chi connectivity index (χ4v) is 1.72. The highest BCUT2D eigenvalue weighted by Crippen LogP contribution is 2.26. The van der Waals surface area contributed by atoms with Crippen LogP contribution in [0.2, 0.25) is 0 Å². The molecule has 0 spiro atoms. The number of hydrogen-bond acceptors (Lipinski definition) is 3. The Balaban J connectivity index is 2.52. The lowest BCUT2D eigenvalue weighted by Crippen LogP contribution is -2.30. The van der Waals surface area contributed by atoms with E-state index in [1.807, 2.05) is 0 Å². The van der Waals surface area contributed by atoms with Gasteiger partial charge in [-0.15, -0.1) is 0 Å². The van der Waals surface area contributed by atoms with Crippen LogP contribution in [-0.2, 0) is 0 Å². The standard InChI is InChI=1S/C12H10F3N3/c13-8-4-7(5-17-6-8)12(18-16)11-9(14)2-1-3-10(11)15/h1-6,12,18H,16H2. The van der Waals surface area contributed by atoms with Crippen molar-refractivity contribution in [1.82, 2.24) is 10.4 Å². The number of aromatic nitrogens is 1. The second-order valence-corrected chi connectivity index (χ2v) is 3.67. The molecular weight excluding hydrogens is 243 g/mol. The molecule has 1 aromatic heterocycles. The van der Waals surface area contributed by atoms with Crippen LogP contribution >= 0.6 is 0 Å². The van der Waals surface area contributed by atoms with E-state index in [-0.39, 0.29) is 11.1 Å². The fourth-order valence-electron chi connectivity index (χ4n) is 1.72. The highest BCUT2D eigenvalue weighted by atomic mass is 19.1. The van der Waals surface area contributed by atoms with Crippen LogP contribution in [0.3, 0.4) is 0 Å². The Morgan fingerprint density at radius 2 is 1.78 bits per heavy atom. The van der Waals surface area contributed by atoms with Crippen molar-refractivity contribution in [2.75, 3.05) is 0 Å². The maximum Gasteiger partial charge on any atom is 0.141 e. The molecule has 0 aliphatic heterocycles. The zero-order valence-electron chi connectivity index (χ0n) is 9.20. The van der Waals surface area contributed by atoms with E-state index in [4.69, 9.17) is 5.84 Å². The van der Waals surface area contributed by atoms with Crippen LogP contribution in [-0.4, -0.2) is 4.98 Å². The lowest BCUT2D eigenvalue weighted by molar-refractivity contribution is 0.507. The monoisotopic (exact) mass is 253 g/mol. The summed E-state index contributed by atoms with van der Waals surface area (Å²) in [5.74, 6) is 3.16. The van der Waals surface area contributed by atoms with Gasteiger partial charge in [0, 0.05) is 11.8 Å². The molecule has 94 valence electrons. The number of nitrogens with two attached hydrogens (primary N) is 1. The molecule has 3 nitrogen and oxygen atoms in total. The van der Waals surface area contributed by atoms with E-state index < -0.39 is 23.5 Å². The lowest BCUT2D eigenvalue weighted by atomic mass is 9.99. The van der Waals surface area contributed by atoms with Crippen molar-refractivity contribution in [1.29, 1.82) is 0 Å². The molecule has 0 aliphatic carbocycles. The predicted molar refractivity (Wildman–Crippen MR) is 59.7 cm³/mol. The normalized spacial score (nSPS) is 12.4. The van der Waals surface area contributed by atoms with Crippen LogP contribution in [0, 0.1) is 17.5 Å². The molecule has 0 saturated heterocycles. The van der Waals surface area contributed by atoms with E-state index in [0.717, 1.165) is 24.4 Å². The minimum Gasteiger partial charge on any atom is -0.271 e. The number of halogens is 3. The number of nitrogens with zero attached hydrogens (tertiary/aromatic N) is 1. The Hall–Kier alpha value is -1.92. The number of nitrogens with one attached hydrogen (secondary N) is 1. The molecule has 0 bridgehead atoms. The number of hydrogen-bond donors (Lipinski definition) is 2. The third-order valence-corrected chi connectivity index (χ3v) is 2.51. The molecule has 6 heteroatoms. The van der Waals surface area contributed by atoms with Gasteiger partial charge in [0.1, 0.15) is 17.5 Å². The molecule has 18 heavy (non-hydrogen) atoms. The van der Waals surface area contributed by atoms with Crippen LogP contribution < -0.4 is 11.3 Å². The molecule has 0 fully saturated rings. The largest absolute Gasteiger partial charge is 0.271 e. The maximum absolute atomic E-state index is 13.6. The van der Waals surface area contributed by atoms with Crippen molar-refractivity contribution in [2.24, 2.45) is 5.84 Å². The van der Waals surface area contributed by atoms with Gasteiger partial charge >= 0.3 is 0 Å². The van der Waals surface area contributed by atoms with Crippen molar-refractivity contribution < 1.29 is 13.2 Å². The van der Waals surface area contributed by atoms with Crippen LogP contribution in [0.1, 0.15) is 17.2 Å². The lowest BCUT2D eigenvalue weighted by Gasteiger charge is -2.17. The van der Waals surface area contributed by atoms with Crippen LogP contribution in [0.4, 0.5) is 13.2 Å². The number of hydrazine groups is 1. The average molecular weight is 253 g/mol. The summed E-state index contributed by atoms with van der Waals surface area (Å²) in [5.41, 5.74) is 2.22. The number of rotatable bonds is 3. The average Bonchev–Trinajstić information content (AvgIpc) is 2.34. The van der Waals surface area contributed by atoms with E-state index in [1.54, 1.807) is 0 Å². The first-order valence-electron chi connectivity index (χ1n) is 5.14. The van der Waals surface area contributed by atoms with Crippen molar-refractivity contribution >= 4 is 0 Å².